The molecule has 0 aromatic carbocycles. The summed E-state index contributed by atoms with van der Waals surface area (Å²) in [5.74, 6) is 0. The molecule has 2 aliphatic heterocycles. The first-order valence-electron chi connectivity index (χ1n) is 6.85. The summed E-state index contributed by atoms with van der Waals surface area (Å²) in [7, 11) is 0. The van der Waals surface area contributed by atoms with Gasteiger partial charge in [-0.1, -0.05) is 0 Å². The van der Waals surface area contributed by atoms with Gasteiger partial charge in [0.05, 0.1) is 0 Å². The van der Waals surface area contributed by atoms with Crippen LogP contribution in [0.4, 0.5) is 0 Å². The molecule has 0 bridgehead atoms. The third-order valence-electron chi connectivity index (χ3n) is 3.89. The van der Waals surface area contributed by atoms with E-state index >= 15 is 0 Å². The van der Waals surface area contributed by atoms with Crippen LogP contribution in [0, 0.1) is 0 Å². The van der Waals surface area contributed by atoms with Gasteiger partial charge in [-0.25, -0.2) is 0 Å². The largest absolute Gasteiger partial charge is 0.371 e. The molecule has 2 fully saturated rings. The Morgan fingerprint density at radius 2 is 1.83 bits per heavy atom. The maximum absolute atomic E-state index is 10.6. The Morgan fingerprint density at radius 3 is 2.39 bits per heavy atom. The molecular formula is C13H25N3OS. The molecule has 2 aliphatic rings. The molecule has 4 nitrogen and oxygen atoms in total. The Labute approximate surface area is 115 Å². The van der Waals surface area contributed by atoms with Crippen LogP contribution in [0.1, 0.15) is 40.0 Å². The monoisotopic (exact) mass is 271 g/mol. The highest BCUT2D eigenvalue weighted by atomic mass is 32.1. The van der Waals surface area contributed by atoms with Gasteiger partial charge in [-0.05, 0) is 58.9 Å². The maximum Gasteiger partial charge on any atom is 0.171 e. The quantitative estimate of drug-likeness (QED) is 0.754. The molecule has 0 aromatic heterocycles. The SMILES string of the molecule is CC1(C)CC(C)(O)N(CCN2CCCC2)C(=S)N1. The fraction of sp³-hybridized carbons (Fsp3) is 0.923. The summed E-state index contributed by atoms with van der Waals surface area (Å²) in [5, 5.41) is 14.6. The number of hydrogen-bond acceptors (Lipinski definition) is 3. The van der Waals surface area contributed by atoms with E-state index in [1.807, 2.05) is 11.8 Å². The van der Waals surface area contributed by atoms with Crippen molar-refractivity contribution in [2.45, 2.75) is 51.3 Å². The minimum Gasteiger partial charge on any atom is -0.371 e. The van der Waals surface area contributed by atoms with Crippen LogP contribution in [0.3, 0.4) is 0 Å². The Bertz CT molecular complexity index is 324. The minimum absolute atomic E-state index is 0.134. The van der Waals surface area contributed by atoms with E-state index in [0.717, 1.165) is 13.1 Å². The number of nitrogens with zero attached hydrogens (tertiary/aromatic N) is 2. The van der Waals surface area contributed by atoms with Gasteiger partial charge in [0.15, 0.2) is 5.11 Å². The van der Waals surface area contributed by atoms with Crippen LogP contribution in [-0.2, 0) is 0 Å². The lowest BCUT2D eigenvalue weighted by Crippen LogP contribution is -2.67. The molecule has 2 N–H and O–H groups in total. The van der Waals surface area contributed by atoms with Crippen LogP contribution >= 0.6 is 12.2 Å². The van der Waals surface area contributed by atoms with Gasteiger partial charge in [-0.3, -0.25) is 0 Å². The molecule has 2 saturated heterocycles. The predicted octanol–water partition coefficient (Wildman–Crippen LogP) is 1.15. The number of rotatable bonds is 3. The van der Waals surface area contributed by atoms with Crippen LogP contribution in [0.5, 0.6) is 0 Å². The van der Waals surface area contributed by atoms with Crippen LogP contribution in [0.2, 0.25) is 0 Å². The van der Waals surface area contributed by atoms with Crippen molar-refractivity contribution in [3.05, 3.63) is 0 Å². The molecule has 0 amide bonds. The summed E-state index contributed by atoms with van der Waals surface area (Å²) in [5.41, 5.74) is -0.976. The van der Waals surface area contributed by atoms with E-state index in [0.29, 0.717) is 11.5 Å². The lowest BCUT2D eigenvalue weighted by molar-refractivity contribution is -0.0896. The molecule has 18 heavy (non-hydrogen) atoms. The van der Waals surface area contributed by atoms with Crippen LogP contribution in [-0.4, -0.2) is 57.5 Å². The Hall–Kier alpha value is -0.390. The van der Waals surface area contributed by atoms with Crippen LogP contribution < -0.4 is 5.32 Å². The normalized spacial score (nSPS) is 32.7. The van der Waals surface area contributed by atoms with E-state index in [1.165, 1.54) is 25.9 Å². The lowest BCUT2D eigenvalue weighted by atomic mass is 9.90. The first-order valence-corrected chi connectivity index (χ1v) is 7.26. The van der Waals surface area contributed by atoms with Crippen molar-refractivity contribution in [2.24, 2.45) is 0 Å². The first-order chi connectivity index (χ1) is 8.30. The van der Waals surface area contributed by atoms with Crippen molar-refractivity contribution >= 4 is 17.3 Å². The van der Waals surface area contributed by atoms with Crippen molar-refractivity contribution < 1.29 is 5.11 Å². The molecule has 0 spiro atoms. The van der Waals surface area contributed by atoms with Gasteiger partial charge in [0.1, 0.15) is 5.72 Å². The zero-order valence-corrected chi connectivity index (χ0v) is 12.5. The van der Waals surface area contributed by atoms with E-state index in [2.05, 4.69) is 24.1 Å². The number of aliphatic hydroxyl groups is 1. The van der Waals surface area contributed by atoms with Crippen molar-refractivity contribution in [1.29, 1.82) is 0 Å². The van der Waals surface area contributed by atoms with Gasteiger partial charge >= 0.3 is 0 Å². The zero-order chi connectivity index (χ0) is 13.4. The third kappa shape index (κ3) is 3.13. The molecule has 5 heteroatoms. The summed E-state index contributed by atoms with van der Waals surface area (Å²) in [6, 6.07) is 0. The van der Waals surface area contributed by atoms with Gasteiger partial charge in [0.25, 0.3) is 0 Å². The van der Waals surface area contributed by atoms with Crippen molar-refractivity contribution in [1.82, 2.24) is 15.1 Å². The molecule has 0 radical (unpaired) electrons. The average molecular weight is 271 g/mol. The Kier molecular flexibility index (Phi) is 3.85. The van der Waals surface area contributed by atoms with Gasteiger partial charge in [-0.2, -0.15) is 0 Å². The van der Waals surface area contributed by atoms with E-state index in [-0.39, 0.29) is 5.54 Å². The zero-order valence-electron chi connectivity index (χ0n) is 11.7. The fourth-order valence-corrected chi connectivity index (χ4v) is 3.71. The highest BCUT2D eigenvalue weighted by Crippen LogP contribution is 2.29. The second kappa shape index (κ2) is 4.94. The Morgan fingerprint density at radius 1 is 1.22 bits per heavy atom. The molecule has 0 aromatic rings. The van der Waals surface area contributed by atoms with Crippen molar-refractivity contribution in [2.75, 3.05) is 26.2 Å². The molecular weight excluding hydrogens is 246 g/mol. The number of hydrogen-bond donors (Lipinski definition) is 2. The number of likely N-dealkylation sites (tertiary alicyclic amines) is 1. The molecule has 0 saturated carbocycles. The average Bonchev–Trinajstić information content (AvgIpc) is 2.65. The summed E-state index contributed by atoms with van der Waals surface area (Å²) < 4.78 is 0. The van der Waals surface area contributed by atoms with Crippen molar-refractivity contribution in [3.63, 3.8) is 0 Å². The number of nitrogens with one attached hydrogen (secondary N) is 1. The minimum atomic E-state index is -0.842. The molecule has 0 aliphatic carbocycles. The highest BCUT2D eigenvalue weighted by molar-refractivity contribution is 7.80. The third-order valence-corrected chi connectivity index (χ3v) is 4.21. The first kappa shape index (κ1) is 14.0. The van der Waals surface area contributed by atoms with Gasteiger partial charge in [-0.15, -0.1) is 0 Å². The highest BCUT2D eigenvalue weighted by Gasteiger charge is 2.42. The topological polar surface area (TPSA) is 38.7 Å². The van der Waals surface area contributed by atoms with Crippen molar-refractivity contribution in [3.8, 4) is 0 Å². The molecule has 2 rings (SSSR count). The smallest absolute Gasteiger partial charge is 0.171 e. The van der Waals surface area contributed by atoms with E-state index in [1.54, 1.807) is 0 Å². The second-order valence-corrected chi connectivity index (χ2v) is 6.79. The van der Waals surface area contributed by atoms with Crippen LogP contribution in [0.15, 0.2) is 0 Å². The fourth-order valence-electron chi connectivity index (χ4n) is 3.14. The van der Waals surface area contributed by atoms with Gasteiger partial charge < -0.3 is 20.2 Å². The lowest BCUT2D eigenvalue weighted by Gasteiger charge is -2.50. The molecule has 2 heterocycles. The molecule has 104 valence electrons. The standard InChI is InChI=1S/C13H25N3OS/c1-12(2)10-13(3,17)16(11(18)14-12)9-8-15-6-4-5-7-15/h17H,4-10H2,1-3H3,(H,14,18). The summed E-state index contributed by atoms with van der Waals surface area (Å²) in [6.07, 6.45) is 3.28. The van der Waals surface area contributed by atoms with Crippen LogP contribution in [0.25, 0.3) is 0 Å². The maximum atomic E-state index is 10.6. The molecule has 1 atom stereocenters. The molecule has 1 unspecified atom stereocenters. The Balaban J connectivity index is 1.95. The van der Waals surface area contributed by atoms with E-state index in [9.17, 15) is 5.11 Å². The summed E-state index contributed by atoms with van der Waals surface area (Å²) in [6.45, 7) is 10.2. The summed E-state index contributed by atoms with van der Waals surface area (Å²) >= 11 is 5.40. The summed E-state index contributed by atoms with van der Waals surface area (Å²) in [4.78, 5) is 4.38. The van der Waals surface area contributed by atoms with E-state index in [4.69, 9.17) is 12.2 Å². The predicted molar refractivity (Wildman–Crippen MR) is 77.4 cm³/mol. The second-order valence-electron chi connectivity index (χ2n) is 6.41. The van der Waals surface area contributed by atoms with Gasteiger partial charge in [0.2, 0.25) is 0 Å². The van der Waals surface area contributed by atoms with E-state index < -0.39 is 5.72 Å². The van der Waals surface area contributed by atoms with Gasteiger partial charge in [0, 0.05) is 25.0 Å². The number of thiocarbonyl (C=S) groups is 1.